The summed E-state index contributed by atoms with van der Waals surface area (Å²) in [6.45, 7) is 2.56. The van der Waals surface area contributed by atoms with E-state index in [0.717, 1.165) is 11.3 Å². The van der Waals surface area contributed by atoms with Crippen molar-refractivity contribution in [1.29, 1.82) is 5.26 Å². The molecule has 0 aromatic heterocycles. The van der Waals surface area contributed by atoms with Crippen LogP contribution in [-0.2, 0) is 6.42 Å². The Morgan fingerprint density at radius 1 is 1.40 bits per heavy atom. The summed E-state index contributed by atoms with van der Waals surface area (Å²) >= 11 is 0. The SMILES string of the molecule is CC(CO)COc1ccc(CC#N)cc1. The Morgan fingerprint density at radius 2 is 2.07 bits per heavy atom. The number of nitrogens with zero attached hydrogens (tertiary/aromatic N) is 1. The van der Waals surface area contributed by atoms with Crippen molar-refractivity contribution in [2.24, 2.45) is 5.92 Å². The molecule has 0 heterocycles. The molecular weight excluding hydrogens is 190 g/mol. The van der Waals surface area contributed by atoms with E-state index in [1.165, 1.54) is 0 Å². The molecule has 1 N–H and O–H groups in total. The van der Waals surface area contributed by atoms with Crippen molar-refractivity contribution in [2.45, 2.75) is 13.3 Å². The lowest BCUT2D eigenvalue weighted by Gasteiger charge is -2.10. The van der Waals surface area contributed by atoms with Crippen LogP contribution in [0.3, 0.4) is 0 Å². The van der Waals surface area contributed by atoms with E-state index >= 15 is 0 Å². The normalized spacial score (nSPS) is 11.8. The van der Waals surface area contributed by atoms with Crippen molar-refractivity contribution in [3.8, 4) is 11.8 Å². The minimum Gasteiger partial charge on any atom is -0.493 e. The number of hydrogen-bond acceptors (Lipinski definition) is 3. The van der Waals surface area contributed by atoms with E-state index in [4.69, 9.17) is 15.1 Å². The van der Waals surface area contributed by atoms with E-state index in [1.807, 2.05) is 31.2 Å². The van der Waals surface area contributed by atoms with Crippen molar-refractivity contribution in [3.63, 3.8) is 0 Å². The summed E-state index contributed by atoms with van der Waals surface area (Å²) in [5.74, 6) is 0.917. The monoisotopic (exact) mass is 205 g/mol. The lowest BCUT2D eigenvalue weighted by atomic mass is 10.1. The van der Waals surface area contributed by atoms with Gasteiger partial charge in [-0.05, 0) is 17.7 Å². The summed E-state index contributed by atoms with van der Waals surface area (Å²) in [5, 5.41) is 17.3. The van der Waals surface area contributed by atoms with Crippen LogP contribution in [-0.4, -0.2) is 18.3 Å². The lowest BCUT2D eigenvalue weighted by Crippen LogP contribution is -2.11. The van der Waals surface area contributed by atoms with Crippen LogP contribution >= 0.6 is 0 Å². The van der Waals surface area contributed by atoms with Crippen LogP contribution in [0.15, 0.2) is 24.3 Å². The van der Waals surface area contributed by atoms with E-state index in [-0.39, 0.29) is 12.5 Å². The largest absolute Gasteiger partial charge is 0.493 e. The second-order valence-corrected chi connectivity index (χ2v) is 3.58. The first-order valence-electron chi connectivity index (χ1n) is 4.95. The fraction of sp³-hybridized carbons (Fsp3) is 0.417. The summed E-state index contributed by atoms with van der Waals surface area (Å²) in [5.41, 5.74) is 0.986. The third-order valence-corrected chi connectivity index (χ3v) is 2.05. The average Bonchev–Trinajstić information content (AvgIpc) is 2.28. The number of benzene rings is 1. The fourth-order valence-electron chi connectivity index (χ4n) is 1.09. The quantitative estimate of drug-likeness (QED) is 0.796. The Morgan fingerprint density at radius 3 is 2.60 bits per heavy atom. The maximum Gasteiger partial charge on any atom is 0.119 e. The van der Waals surface area contributed by atoms with Gasteiger partial charge in [-0.25, -0.2) is 0 Å². The second kappa shape index (κ2) is 6.05. The molecule has 1 aromatic carbocycles. The smallest absolute Gasteiger partial charge is 0.119 e. The molecule has 15 heavy (non-hydrogen) atoms. The van der Waals surface area contributed by atoms with Gasteiger partial charge in [0.1, 0.15) is 5.75 Å². The third kappa shape index (κ3) is 4.01. The molecule has 3 heteroatoms. The number of aliphatic hydroxyl groups excluding tert-OH is 1. The first-order chi connectivity index (χ1) is 7.26. The molecule has 1 atom stereocenters. The van der Waals surface area contributed by atoms with Crippen LogP contribution in [0.1, 0.15) is 12.5 Å². The molecule has 0 aliphatic carbocycles. The van der Waals surface area contributed by atoms with E-state index in [9.17, 15) is 0 Å². The first-order valence-corrected chi connectivity index (χ1v) is 4.95. The predicted molar refractivity (Wildman–Crippen MR) is 57.5 cm³/mol. The Labute approximate surface area is 89.9 Å². The summed E-state index contributed by atoms with van der Waals surface area (Å²) in [7, 11) is 0. The van der Waals surface area contributed by atoms with E-state index in [1.54, 1.807) is 0 Å². The molecule has 3 nitrogen and oxygen atoms in total. The minimum absolute atomic E-state index is 0.131. The highest BCUT2D eigenvalue weighted by atomic mass is 16.5. The van der Waals surface area contributed by atoms with Gasteiger partial charge in [0.05, 0.1) is 19.1 Å². The Bertz CT molecular complexity index is 326. The molecule has 0 spiro atoms. The molecule has 0 aliphatic heterocycles. The molecule has 0 amide bonds. The van der Waals surface area contributed by atoms with Gasteiger partial charge >= 0.3 is 0 Å². The van der Waals surface area contributed by atoms with Crippen molar-refractivity contribution >= 4 is 0 Å². The predicted octanol–water partition coefficient (Wildman–Crippen LogP) is 1.76. The molecule has 0 fully saturated rings. The zero-order valence-electron chi connectivity index (χ0n) is 8.81. The van der Waals surface area contributed by atoms with Crippen LogP contribution in [0.5, 0.6) is 5.75 Å². The topological polar surface area (TPSA) is 53.2 Å². The average molecular weight is 205 g/mol. The van der Waals surface area contributed by atoms with Gasteiger partial charge in [0.2, 0.25) is 0 Å². The van der Waals surface area contributed by atoms with E-state index in [2.05, 4.69) is 6.07 Å². The molecule has 1 rings (SSSR count). The maximum absolute atomic E-state index is 8.81. The molecule has 80 valence electrons. The first kappa shape index (κ1) is 11.5. The van der Waals surface area contributed by atoms with Gasteiger partial charge in [-0.15, -0.1) is 0 Å². The van der Waals surface area contributed by atoms with Gasteiger partial charge in [0.25, 0.3) is 0 Å². The Hall–Kier alpha value is -1.53. The summed E-state index contributed by atoms with van der Waals surface area (Å²) < 4.78 is 5.45. The van der Waals surface area contributed by atoms with Gasteiger partial charge in [-0.1, -0.05) is 19.1 Å². The van der Waals surface area contributed by atoms with Crippen molar-refractivity contribution in [3.05, 3.63) is 29.8 Å². The summed E-state index contributed by atoms with van der Waals surface area (Å²) in [4.78, 5) is 0. The van der Waals surface area contributed by atoms with Crippen LogP contribution in [0, 0.1) is 17.2 Å². The highest BCUT2D eigenvalue weighted by molar-refractivity contribution is 5.28. The summed E-state index contributed by atoms with van der Waals surface area (Å²) in [6, 6.07) is 9.53. The van der Waals surface area contributed by atoms with Gasteiger partial charge in [0, 0.05) is 12.5 Å². The zero-order chi connectivity index (χ0) is 11.1. The number of nitriles is 1. The Balaban J connectivity index is 2.46. The molecule has 0 bridgehead atoms. The summed E-state index contributed by atoms with van der Waals surface area (Å²) in [6.07, 6.45) is 0.424. The van der Waals surface area contributed by atoms with Crippen LogP contribution in [0.4, 0.5) is 0 Å². The number of aliphatic hydroxyl groups is 1. The minimum atomic E-state index is 0.131. The molecule has 0 aliphatic rings. The van der Waals surface area contributed by atoms with Crippen molar-refractivity contribution in [1.82, 2.24) is 0 Å². The van der Waals surface area contributed by atoms with E-state index in [0.29, 0.717) is 13.0 Å². The van der Waals surface area contributed by atoms with Crippen LogP contribution in [0.25, 0.3) is 0 Å². The third-order valence-electron chi connectivity index (χ3n) is 2.05. The number of hydrogen-bond donors (Lipinski definition) is 1. The van der Waals surface area contributed by atoms with Crippen molar-refractivity contribution in [2.75, 3.05) is 13.2 Å². The highest BCUT2D eigenvalue weighted by Crippen LogP contribution is 2.13. The zero-order valence-corrected chi connectivity index (χ0v) is 8.81. The van der Waals surface area contributed by atoms with Crippen LogP contribution < -0.4 is 4.74 Å². The number of ether oxygens (including phenoxy) is 1. The van der Waals surface area contributed by atoms with Crippen molar-refractivity contribution < 1.29 is 9.84 Å². The molecule has 1 unspecified atom stereocenters. The maximum atomic E-state index is 8.81. The lowest BCUT2D eigenvalue weighted by molar-refractivity contribution is 0.174. The standard InChI is InChI=1S/C12H15NO2/c1-10(8-14)9-15-12-4-2-11(3-5-12)6-7-13/h2-5,10,14H,6,8-9H2,1H3. The van der Waals surface area contributed by atoms with Gasteiger partial charge in [0.15, 0.2) is 0 Å². The highest BCUT2D eigenvalue weighted by Gasteiger charge is 2.01. The molecule has 1 aromatic rings. The van der Waals surface area contributed by atoms with Gasteiger partial charge in [-0.3, -0.25) is 0 Å². The van der Waals surface area contributed by atoms with E-state index < -0.39 is 0 Å². The number of rotatable bonds is 5. The molecule has 0 saturated carbocycles. The molecular formula is C12H15NO2. The molecule has 0 radical (unpaired) electrons. The molecule has 0 saturated heterocycles. The van der Waals surface area contributed by atoms with Gasteiger partial charge < -0.3 is 9.84 Å². The fourth-order valence-corrected chi connectivity index (χ4v) is 1.09. The van der Waals surface area contributed by atoms with Gasteiger partial charge in [-0.2, -0.15) is 5.26 Å². The van der Waals surface area contributed by atoms with Crippen LogP contribution in [0.2, 0.25) is 0 Å². The second-order valence-electron chi connectivity index (χ2n) is 3.58. The Kier molecular flexibility index (Phi) is 4.65.